The highest BCUT2D eigenvalue weighted by atomic mass is 14.3. The summed E-state index contributed by atoms with van der Waals surface area (Å²) in [5, 5.41) is 0. The van der Waals surface area contributed by atoms with Gasteiger partial charge in [-0.2, -0.15) is 0 Å². The van der Waals surface area contributed by atoms with Crippen molar-refractivity contribution < 1.29 is 0 Å². The first-order chi connectivity index (χ1) is 11.1. The summed E-state index contributed by atoms with van der Waals surface area (Å²) < 4.78 is 0. The Bertz CT molecular complexity index is 90.6. The van der Waals surface area contributed by atoms with Gasteiger partial charge in [-0.1, -0.05) is 122 Å². The number of unbranched alkanes of at least 4 members (excludes halogenated alkanes) is 1. The summed E-state index contributed by atoms with van der Waals surface area (Å²) in [6.45, 7) is 33.0. The van der Waals surface area contributed by atoms with E-state index in [1.807, 2.05) is 95.2 Å². The molecule has 0 bridgehead atoms. The van der Waals surface area contributed by atoms with E-state index in [2.05, 4.69) is 27.7 Å². The lowest BCUT2D eigenvalue weighted by Crippen LogP contribution is -1.58. The van der Waals surface area contributed by atoms with E-state index in [9.17, 15) is 0 Å². The minimum Gasteiger partial charge on any atom is -0.0919 e. The second-order valence-corrected chi connectivity index (χ2v) is 3.86. The van der Waals surface area contributed by atoms with E-state index in [0.29, 0.717) is 0 Å². The molecule has 1 aliphatic carbocycles. The van der Waals surface area contributed by atoms with Crippen molar-refractivity contribution in [2.45, 2.75) is 130 Å². The summed E-state index contributed by atoms with van der Waals surface area (Å²) in [6, 6.07) is 0. The van der Waals surface area contributed by atoms with Crippen molar-refractivity contribution in [1.82, 2.24) is 0 Å². The molecule has 0 aliphatic heterocycles. The van der Waals surface area contributed by atoms with Crippen molar-refractivity contribution in [2.75, 3.05) is 0 Å². The van der Waals surface area contributed by atoms with Crippen LogP contribution in [0.15, 0.2) is 12.2 Å². The maximum absolute atomic E-state index is 2.30. The molecule has 23 heavy (non-hydrogen) atoms. The minimum atomic E-state index is 1.05. The lowest BCUT2D eigenvalue weighted by molar-refractivity contribution is 0.834. The van der Waals surface area contributed by atoms with Crippen LogP contribution in [0.4, 0.5) is 0 Å². The SMILES string of the molecule is CC.CC.CC.CC.CC.CC1CC1C.CC=CC.CCCC. The Labute approximate surface area is 154 Å². The van der Waals surface area contributed by atoms with Gasteiger partial charge in [-0.25, -0.2) is 0 Å². The molecule has 0 spiro atoms. The highest BCUT2D eigenvalue weighted by Crippen LogP contribution is 2.36. The first-order valence-electron chi connectivity index (χ1n) is 10.7. The molecule has 0 N–H and O–H groups in total. The minimum absolute atomic E-state index is 1.05. The van der Waals surface area contributed by atoms with Crippen LogP contribution in [-0.2, 0) is 0 Å². The fourth-order valence-electron chi connectivity index (χ4n) is 0.508. The summed E-state index contributed by atoms with van der Waals surface area (Å²) in [6.07, 6.45) is 8.11. The van der Waals surface area contributed by atoms with Gasteiger partial charge in [-0.15, -0.1) is 0 Å². The summed E-state index contributed by atoms with van der Waals surface area (Å²) in [4.78, 5) is 0. The molecule has 150 valence electrons. The molecule has 0 aromatic carbocycles. The Morgan fingerprint density at radius 1 is 0.565 bits per heavy atom. The third-order valence-electron chi connectivity index (χ3n) is 2.35. The van der Waals surface area contributed by atoms with Crippen LogP contribution in [-0.4, -0.2) is 0 Å². The zero-order valence-corrected chi connectivity index (χ0v) is 20.4. The summed E-state index contributed by atoms with van der Waals surface area (Å²) in [7, 11) is 0. The predicted molar refractivity (Wildman–Crippen MR) is 121 cm³/mol. The van der Waals surface area contributed by atoms with Gasteiger partial charge in [0.05, 0.1) is 0 Å². The first kappa shape index (κ1) is 43.4. The molecule has 1 fully saturated rings. The number of hydrogen-bond donors (Lipinski definition) is 0. The van der Waals surface area contributed by atoms with Crippen molar-refractivity contribution in [3.05, 3.63) is 12.2 Å². The Morgan fingerprint density at radius 3 is 0.696 bits per heavy atom. The molecule has 1 saturated carbocycles. The average Bonchev–Trinajstić information content (AvgIpc) is 3.35. The summed E-state index contributed by atoms with van der Waals surface area (Å²) in [5.74, 6) is 2.10. The Morgan fingerprint density at radius 2 is 0.696 bits per heavy atom. The predicted octanol–water partition coefficient (Wildman–Crippen LogP) is 10.2. The molecular formula is C23H58. The van der Waals surface area contributed by atoms with Gasteiger partial charge < -0.3 is 0 Å². The van der Waals surface area contributed by atoms with E-state index in [1.54, 1.807) is 0 Å². The Balaban J connectivity index is -0.0000000266. The van der Waals surface area contributed by atoms with E-state index < -0.39 is 0 Å². The van der Waals surface area contributed by atoms with E-state index in [4.69, 9.17) is 0 Å². The maximum atomic E-state index is 2.30. The summed E-state index contributed by atoms with van der Waals surface area (Å²) >= 11 is 0. The van der Waals surface area contributed by atoms with Crippen molar-refractivity contribution in [1.29, 1.82) is 0 Å². The third-order valence-corrected chi connectivity index (χ3v) is 2.35. The Hall–Kier alpha value is -0.260. The van der Waals surface area contributed by atoms with E-state index >= 15 is 0 Å². The third kappa shape index (κ3) is 141. The fourth-order valence-corrected chi connectivity index (χ4v) is 0.508. The van der Waals surface area contributed by atoms with E-state index in [-0.39, 0.29) is 0 Å². The van der Waals surface area contributed by atoms with Crippen molar-refractivity contribution in [3.63, 3.8) is 0 Å². The van der Waals surface area contributed by atoms with Crippen LogP contribution in [0.3, 0.4) is 0 Å². The molecule has 1 aliphatic rings. The quantitative estimate of drug-likeness (QED) is 0.418. The van der Waals surface area contributed by atoms with Crippen LogP contribution in [0.5, 0.6) is 0 Å². The molecular weight excluding hydrogens is 276 g/mol. The Kier molecular flexibility index (Phi) is 153. The zero-order valence-electron chi connectivity index (χ0n) is 20.4. The van der Waals surface area contributed by atoms with Gasteiger partial charge >= 0.3 is 0 Å². The number of rotatable bonds is 1. The smallest absolute Gasteiger partial charge is 0.0414 e. The normalized spacial score (nSPS) is 15.0. The lowest BCUT2D eigenvalue weighted by atomic mass is 10.4. The van der Waals surface area contributed by atoms with Gasteiger partial charge in [0.15, 0.2) is 0 Å². The van der Waals surface area contributed by atoms with Crippen LogP contribution in [0, 0.1) is 11.8 Å². The van der Waals surface area contributed by atoms with E-state index in [0.717, 1.165) is 11.8 Å². The molecule has 1 rings (SSSR count). The van der Waals surface area contributed by atoms with Gasteiger partial charge in [0.1, 0.15) is 0 Å². The van der Waals surface area contributed by atoms with Crippen LogP contribution in [0.2, 0.25) is 0 Å². The largest absolute Gasteiger partial charge is 0.0919 e. The zero-order chi connectivity index (χ0) is 20.7. The fraction of sp³-hybridized carbons (Fsp3) is 0.913. The van der Waals surface area contributed by atoms with E-state index in [1.165, 1.54) is 19.3 Å². The van der Waals surface area contributed by atoms with Gasteiger partial charge in [0.25, 0.3) is 0 Å². The first-order valence-corrected chi connectivity index (χ1v) is 10.7. The molecule has 0 heterocycles. The van der Waals surface area contributed by atoms with Gasteiger partial charge in [0, 0.05) is 0 Å². The molecule has 0 aromatic heterocycles. The lowest BCUT2D eigenvalue weighted by Gasteiger charge is -1.68. The highest BCUT2D eigenvalue weighted by Gasteiger charge is 2.26. The van der Waals surface area contributed by atoms with Crippen molar-refractivity contribution >= 4 is 0 Å². The van der Waals surface area contributed by atoms with Crippen LogP contribution in [0.25, 0.3) is 0 Å². The molecule has 0 amide bonds. The van der Waals surface area contributed by atoms with Crippen molar-refractivity contribution in [2.24, 2.45) is 11.8 Å². The monoisotopic (exact) mass is 334 g/mol. The average molecular weight is 335 g/mol. The number of allylic oxidation sites excluding steroid dienone is 2. The van der Waals surface area contributed by atoms with Gasteiger partial charge in [0.2, 0.25) is 0 Å². The molecule has 0 heteroatoms. The number of hydrogen-bond acceptors (Lipinski definition) is 0. The van der Waals surface area contributed by atoms with Gasteiger partial charge in [-0.05, 0) is 32.1 Å². The topological polar surface area (TPSA) is 0 Å². The molecule has 2 atom stereocenters. The van der Waals surface area contributed by atoms with Gasteiger partial charge in [-0.3, -0.25) is 0 Å². The summed E-state index contributed by atoms with van der Waals surface area (Å²) in [5.41, 5.74) is 0. The second-order valence-electron chi connectivity index (χ2n) is 3.86. The van der Waals surface area contributed by atoms with Crippen LogP contribution < -0.4 is 0 Å². The molecule has 0 radical (unpaired) electrons. The molecule has 0 saturated heterocycles. The van der Waals surface area contributed by atoms with Crippen LogP contribution >= 0.6 is 0 Å². The van der Waals surface area contributed by atoms with Crippen molar-refractivity contribution in [3.8, 4) is 0 Å². The standard InChI is InChI=1S/C5H10.C4H10.C4H8.5C2H6/c1-4-3-5(4)2;2*1-3-4-2;5*1-2/h4-5H,3H2,1-2H3;3-4H2,1-2H3;3-4H,1-2H3;5*1-2H3. The highest BCUT2D eigenvalue weighted by molar-refractivity contribution is 4.76. The maximum Gasteiger partial charge on any atom is -0.0414 e. The molecule has 2 unspecified atom stereocenters. The molecule has 0 nitrogen and oxygen atoms in total. The second kappa shape index (κ2) is 81.1. The molecule has 0 aromatic rings. The van der Waals surface area contributed by atoms with Crippen LogP contribution in [0.1, 0.15) is 130 Å².